The molecule has 1 saturated carbocycles. The summed E-state index contributed by atoms with van der Waals surface area (Å²) in [6.07, 6.45) is 5.32. The van der Waals surface area contributed by atoms with Crippen molar-refractivity contribution < 1.29 is 19.5 Å². The topological polar surface area (TPSA) is 95.5 Å². The molecule has 6 nitrogen and oxygen atoms in total. The number of carbonyl (C=O) groups is 3. The number of nitrogens with one attached hydrogen (secondary N) is 2. The number of benzene rings is 1. The van der Waals surface area contributed by atoms with Crippen molar-refractivity contribution in [2.45, 2.75) is 65.7 Å². The summed E-state index contributed by atoms with van der Waals surface area (Å²) < 4.78 is 0. The first-order valence-corrected chi connectivity index (χ1v) is 13.5. The Kier molecular flexibility index (Phi) is 7.57. The van der Waals surface area contributed by atoms with Gasteiger partial charge in [0.2, 0.25) is 5.91 Å². The van der Waals surface area contributed by atoms with Gasteiger partial charge in [0, 0.05) is 15.6 Å². The van der Waals surface area contributed by atoms with Crippen LogP contribution in [0.15, 0.2) is 24.3 Å². The van der Waals surface area contributed by atoms with Crippen molar-refractivity contribution in [2.75, 3.05) is 10.6 Å². The van der Waals surface area contributed by atoms with E-state index in [9.17, 15) is 19.5 Å². The predicted octanol–water partition coefficient (Wildman–Crippen LogP) is 6.63. The monoisotopic (exact) mass is 516 g/mol. The third-order valence-corrected chi connectivity index (χ3v) is 8.90. The SMILES string of the molecule is CC(C)(C)C1CCc2c(sc(NC(=O)C3CCCCC3C(=O)O)c2C(=O)Nc2ccc(Cl)cc2)C1. The highest BCUT2D eigenvalue weighted by Crippen LogP contribution is 2.45. The molecule has 2 aliphatic rings. The van der Waals surface area contributed by atoms with E-state index in [-0.39, 0.29) is 17.2 Å². The van der Waals surface area contributed by atoms with Crippen molar-refractivity contribution in [2.24, 2.45) is 23.2 Å². The minimum Gasteiger partial charge on any atom is -0.481 e. The van der Waals surface area contributed by atoms with E-state index < -0.39 is 17.8 Å². The molecule has 4 rings (SSSR count). The molecule has 0 saturated heterocycles. The average molecular weight is 517 g/mol. The van der Waals surface area contributed by atoms with Crippen LogP contribution in [0.2, 0.25) is 5.02 Å². The lowest BCUT2D eigenvalue weighted by Gasteiger charge is -2.33. The molecule has 3 N–H and O–H groups in total. The fourth-order valence-corrected chi connectivity index (χ4v) is 6.78. The molecule has 2 amide bonds. The fourth-order valence-electron chi connectivity index (χ4n) is 5.33. The summed E-state index contributed by atoms with van der Waals surface area (Å²) in [6.45, 7) is 6.71. The number of amides is 2. The number of aliphatic carboxylic acids is 1. The van der Waals surface area contributed by atoms with Gasteiger partial charge in [-0.2, -0.15) is 0 Å². The third kappa shape index (κ3) is 5.72. The molecule has 0 aliphatic heterocycles. The van der Waals surface area contributed by atoms with Gasteiger partial charge in [-0.05, 0) is 73.3 Å². The van der Waals surface area contributed by atoms with Crippen LogP contribution in [0.3, 0.4) is 0 Å². The van der Waals surface area contributed by atoms with Gasteiger partial charge in [-0.25, -0.2) is 0 Å². The molecule has 35 heavy (non-hydrogen) atoms. The molecule has 3 atom stereocenters. The lowest BCUT2D eigenvalue weighted by molar-refractivity contribution is -0.147. The van der Waals surface area contributed by atoms with Crippen LogP contribution >= 0.6 is 22.9 Å². The maximum Gasteiger partial charge on any atom is 0.307 e. The summed E-state index contributed by atoms with van der Waals surface area (Å²) in [6, 6.07) is 6.91. The summed E-state index contributed by atoms with van der Waals surface area (Å²) in [5.41, 5.74) is 2.27. The van der Waals surface area contributed by atoms with E-state index in [2.05, 4.69) is 31.4 Å². The Labute approximate surface area is 215 Å². The number of anilines is 2. The minimum atomic E-state index is -0.927. The van der Waals surface area contributed by atoms with E-state index in [1.807, 2.05) is 0 Å². The molecule has 1 heterocycles. The van der Waals surface area contributed by atoms with Crippen LogP contribution in [0.4, 0.5) is 10.7 Å². The largest absolute Gasteiger partial charge is 0.481 e. The highest BCUT2D eigenvalue weighted by atomic mass is 35.5. The molecule has 188 valence electrons. The highest BCUT2D eigenvalue weighted by Gasteiger charge is 2.38. The number of hydrogen-bond donors (Lipinski definition) is 3. The zero-order valence-corrected chi connectivity index (χ0v) is 22.0. The predicted molar refractivity (Wildman–Crippen MR) is 140 cm³/mol. The lowest BCUT2D eigenvalue weighted by Crippen LogP contribution is -2.36. The van der Waals surface area contributed by atoms with E-state index in [4.69, 9.17) is 11.6 Å². The zero-order chi connectivity index (χ0) is 25.3. The van der Waals surface area contributed by atoms with Gasteiger partial charge in [0.1, 0.15) is 5.00 Å². The van der Waals surface area contributed by atoms with Gasteiger partial charge in [-0.3, -0.25) is 14.4 Å². The van der Waals surface area contributed by atoms with Crippen LogP contribution in [-0.4, -0.2) is 22.9 Å². The quantitative estimate of drug-likeness (QED) is 0.415. The van der Waals surface area contributed by atoms with Gasteiger partial charge >= 0.3 is 5.97 Å². The third-order valence-electron chi connectivity index (χ3n) is 7.48. The molecule has 0 bridgehead atoms. The summed E-state index contributed by atoms with van der Waals surface area (Å²) in [5.74, 6) is -2.29. The summed E-state index contributed by atoms with van der Waals surface area (Å²) in [7, 11) is 0. The van der Waals surface area contributed by atoms with Crippen molar-refractivity contribution in [3.63, 3.8) is 0 Å². The maximum absolute atomic E-state index is 13.5. The van der Waals surface area contributed by atoms with Crippen LogP contribution in [0.1, 0.15) is 73.7 Å². The van der Waals surface area contributed by atoms with Gasteiger partial charge in [-0.15, -0.1) is 11.3 Å². The van der Waals surface area contributed by atoms with E-state index >= 15 is 0 Å². The summed E-state index contributed by atoms with van der Waals surface area (Å²) in [5, 5.41) is 16.7. The number of fused-ring (bicyclic) bond motifs is 1. The smallest absolute Gasteiger partial charge is 0.307 e. The Morgan fingerprint density at radius 2 is 1.66 bits per heavy atom. The van der Waals surface area contributed by atoms with Crippen LogP contribution in [0.25, 0.3) is 0 Å². The molecule has 2 aliphatic carbocycles. The van der Waals surface area contributed by atoms with Crippen LogP contribution in [-0.2, 0) is 22.4 Å². The summed E-state index contributed by atoms with van der Waals surface area (Å²) >= 11 is 7.45. The van der Waals surface area contributed by atoms with Crippen LogP contribution in [0, 0.1) is 23.2 Å². The Hall–Kier alpha value is -2.38. The molecule has 1 aromatic carbocycles. The first-order valence-electron chi connectivity index (χ1n) is 12.3. The number of hydrogen-bond acceptors (Lipinski definition) is 4. The number of thiophene rings is 1. The molecule has 3 unspecified atom stereocenters. The van der Waals surface area contributed by atoms with Gasteiger partial charge in [0.25, 0.3) is 5.91 Å². The Morgan fingerprint density at radius 3 is 2.29 bits per heavy atom. The highest BCUT2D eigenvalue weighted by molar-refractivity contribution is 7.17. The van der Waals surface area contributed by atoms with Crippen molar-refractivity contribution in [3.8, 4) is 0 Å². The molecular weight excluding hydrogens is 484 g/mol. The first-order chi connectivity index (χ1) is 16.5. The maximum atomic E-state index is 13.5. The van der Waals surface area contributed by atoms with E-state index in [1.54, 1.807) is 24.3 Å². The van der Waals surface area contributed by atoms with Crippen molar-refractivity contribution >= 4 is 51.4 Å². The average Bonchev–Trinajstić information content (AvgIpc) is 3.17. The Morgan fingerprint density at radius 1 is 1.00 bits per heavy atom. The standard InChI is InChI=1S/C27H33ClN2O4S/c1-27(2,3)15-8-13-20-21(14-15)35-25(22(20)24(32)29-17-11-9-16(28)10-12-17)30-23(31)18-6-4-5-7-19(18)26(33)34/h9-12,15,18-19H,4-8,13-14H2,1-3H3,(H,29,32)(H,30,31)(H,33,34). The zero-order valence-electron chi connectivity index (χ0n) is 20.4. The molecule has 1 fully saturated rings. The van der Waals surface area contributed by atoms with E-state index in [0.29, 0.717) is 40.0 Å². The van der Waals surface area contributed by atoms with Gasteiger partial charge in [0.15, 0.2) is 0 Å². The van der Waals surface area contributed by atoms with Gasteiger partial charge < -0.3 is 15.7 Å². The molecule has 8 heteroatoms. The van der Waals surface area contributed by atoms with Crippen LogP contribution < -0.4 is 10.6 Å². The van der Waals surface area contributed by atoms with Crippen molar-refractivity contribution in [3.05, 3.63) is 45.3 Å². The number of carbonyl (C=O) groups excluding carboxylic acids is 2. The van der Waals surface area contributed by atoms with Gasteiger partial charge in [-0.1, -0.05) is 45.2 Å². The second kappa shape index (κ2) is 10.3. The number of halogens is 1. The number of rotatable bonds is 5. The molecule has 0 spiro atoms. The second-order valence-corrected chi connectivity index (χ2v) is 12.3. The Bertz CT molecular complexity index is 1120. The van der Waals surface area contributed by atoms with Crippen molar-refractivity contribution in [1.29, 1.82) is 0 Å². The lowest BCUT2D eigenvalue weighted by atomic mass is 9.72. The normalized spacial score (nSPS) is 22.2. The van der Waals surface area contributed by atoms with Crippen molar-refractivity contribution in [1.82, 2.24) is 0 Å². The molecular formula is C27H33ClN2O4S. The van der Waals surface area contributed by atoms with Crippen LogP contribution in [0.5, 0.6) is 0 Å². The van der Waals surface area contributed by atoms with E-state index in [0.717, 1.165) is 42.5 Å². The second-order valence-electron chi connectivity index (χ2n) is 10.8. The summed E-state index contributed by atoms with van der Waals surface area (Å²) in [4.78, 5) is 39.6. The number of carboxylic acids is 1. The first kappa shape index (κ1) is 25.7. The Balaban J connectivity index is 1.65. The molecule has 2 aromatic rings. The minimum absolute atomic E-state index is 0.146. The molecule has 1 aromatic heterocycles. The van der Waals surface area contributed by atoms with E-state index in [1.165, 1.54) is 11.3 Å². The fraction of sp³-hybridized carbons (Fsp3) is 0.519. The number of carboxylic acid groups (broad SMARTS) is 1. The molecule has 0 radical (unpaired) electrons. The van der Waals surface area contributed by atoms with Gasteiger partial charge in [0.05, 0.1) is 17.4 Å².